The number of esters is 1. The molecular formula is C16H18N4O4S. The van der Waals surface area contributed by atoms with Crippen molar-refractivity contribution >= 4 is 34.3 Å². The van der Waals surface area contributed by atoms with Gasteiger partial charge >= 0.3 is 5.97 Å². The number of hydrogen-bond acceptors (Lipinski definition) is 8. The second-order valence-corrected chi connectivity index (χ2v) is 5.85. The number of hydrogen-bond donors (Lipinski definition) is 1. The minimum absolute atomic E-state index is 0.0809. The Hall–Kier alpha value is -2.81. The van der Waals surface area contributed by atoms with Crippen molar-refractivity contribution in [2.24, 2.45) is 5.10 Å². The Labute approximate surface area is 148 Å². The van der Waals surface area contributed by atoms with Gasteiger partial charge in [-0.1, -0.05) is 19.1 Å². The molecule has 1 aromatic carbocycles. The molecule has 0 aliphatic carbocycles. The number of nitro benzene ring substituents is 1. The Balaban J connectivity index is 1.99. The molecule has 0 unspecified atom stereocenters. The highest BCUT2D eigenvalue weighted by molar-refractivity contribution is 7.13. The Morgan fingerprint density at radius 1 is 1.48 bits per heavy atom. The molecule has 0 aliphatic heterocycles. The van der Waals surface area contributed by atoms with Gasteiger partial charge in [0.15, 0.2) is 0 Å². The summed E-state index contributed by atoms with van der Waals surface area (Å²) in [5.41, 5.74) is 4.72. The molecule has 25 heavy (non-hydrogen) atoms. The average molecular weight is 362 g/mol. The van der Waals surface area contributed by atoms with Gasteiger partial charge in [0.2, 0.25) is 5.13 Å². The van der Waals surface area contributed by atoms with Gasteiger partial charge < -0.3 is 4.74 Å². The molecule has 0 spiro atoms. The fourth-order valence-electron chi connectivity index (χ4n) is 2.09. The Kier molecular flexibility index (Phi) is 6.58. The van der Waals surface area contributed by atoms with E-state index in [2.05, 4.69) is 15.5 Å². The Morgan fingerprint density at radius 3 is 2.96 bits per heavy atom. The third-order valence-electron chi connectivity index (χ3n) is 3.24. The van der Waals surface area contributed by atoms with Crippen molar-refractivity contribution in [1.82, 2.24) is 4.98 Å². The molecule has 9 heteroatoms. The maximum Gasteiger partial charge on any atom is 0.311 e. The smallest absolute Gasteiger partial charge is 0.311 e. The van der Waals surface area contributed by atoms with E-state index in [9.17, 15) is 14.9 Å². The summed E-state index contributed by atoms with van der Waals surface area (Å²) in [6.07, 6.45) is 2.19. The summed E-state index contributed by atoms with van der Waals surface area (Å²) in [6.45, 7) is 3.95. The maximum atomic E-state index is 11.4. The molecule has 0 radical (unpaired) electrons. The van der Waals surface area contributed by atoms with E-state index in [-0.39, 0.29) is 18.1 Å². The first-order valence-electron chi connectivity index (χ1n) is 7.69. The van der Waals surface area contributed by atoms with Crippen LogP contribution in [0.4, 0.5) is 10.8 Å². The summed E-state index contributed by atoms with van der Waals surface area (Å²) >= 11 is 1.31. The Bertz CT molecular complexity index is 788. The number of carbonyl (C=O) groups excluding carboxylic acids is 1. The third kappa shape index (κ3) is 5.35. The highest BCUT2D eigenvalue weighted by Crippen LogP contribution is 2.20. The molecule has 0 bridgehead atoms. The number of ether oxygens (including phenoxy) is 1. The molecule has 1 heterocycles. The minimum atomic E-state index is -0.397. The van der Waals surface area contributed by atoms with E-state index in [4.69, 9.17) is 4.74 Å². The lowest BCUT2D eigenvalue weighted by Crippen LogP contribution is -2.07. The molecule has 0 amide bonds. The number of nitrogens with zero attached hydrogens (tertiary/aromatic N) is 3. The maximum absolute atomic E-state index is 11.4. The van der Waals surface area contributed by atoms with Crippen molar-refractivity contribution in [2.75, 3.05) is 12.0 Å². The van der Waals surface area contributed by atoms with Crippen molar-refractivity contribution in [2.45, 2.75) is 26.7 Å². The van der Waals surface area contributed by atoms with Crippen LogP contribution in [-0.4, -0.2) is 28.7 Å². The van der Waals surface area contributed by atoms with E-state index in [1.165, 1.54) is 23.6 Å². The Morgan fingerprint density at radius 2 is 2.28 bits per heavy atom. The predicted molar refractivity (Wildman–Crippen MR) is 96.1 cm³/mol. The molecular weight excluding hydrogens is 344 g/mol. The number of carbonyl (C=O) groups is 1. The first-order valence-corrected chi connectivity index (χ1v) is 8.57. The number of benzene rings is 1. The van der Waals surface area contributed by atoms with Gasteiger partial charge in [-0.25, -0.2) is 4.98 Å². The lowest BCUT2D eigenvalue weighted by atomic mass is 10.1. The molecule has 0 aliphatic rings. The van der Waals surface area contributed by atoms with Crippen molar-refractivity contribution < 1.29 is 14.5 Å². The zero-order valence-electron chi connectivity index (χ0n) is 13.9. The van der Waals surface area contributed by atoms with E-state index in [1.54, 1.807) is 24.4 Å². The normalized spacial score (nSPS) is 10.8. The van der Waals surface area contributed by atoms with Gasteiger partial charge in [-0.15, -0.1) is 11.3 Å². The van der Waals surface area contributed by atoms with Gasteiger partial charge in [0.05, 0.1) is 29.9 Å². The van der Waals surface area contributed by atoms with Gasteiger partial charge in [0.1, 0.15) is 0 Å². The summed E-state index contributed by atoms with van der Waals surface area (Å²) in [5.74, 6) is -0.328. The van der Waals surface area contributed by atoms with Crippen LogP contribution >= 0.6 is 11.3 Å². The number of aromatic nitrogens is 1. The largest absolute Gasteiger partial charge is 0.466 e. The van der Waals surface area contributed by atoms with E-state index in [1.807, 2.05) is 6.92 Å². The first kappa shape index (κ1) is 18.5. The van der Waals surface area contributed by atoms with Gasteiger partial charge in [0, 0.05) is 22.6 Å². The van der Waals surface area contributed by atoms with Crippen molar-refractivity contribution in [3.63, 3.8) is 0 Å². The number of hydrazone groups is 1. The van der Waals surface area contributed by atoms with Crippen molar-refractivity contribution in [3.05, 3.63) is 50.5 Å². The highest BCUT2D eigenvalue weighted by atomic mass is 32.1. The molecule has 0 fully saturated rings. The zero-order chi connectivity index (χ0) is 18.2. The van der Waals surface area contributed by atoms with Crippen LogP contribution in [0.1, 0.15) is 30.7 Å². The molecule has 2 rings (SSSR count). The second-order valence-electron chi connectivity index (χ2n) is 4.99. The van der Waals surface area contributed by atoms with Crippen LogP contribution in [0.5, 0.6) is 0 Å². The number of thiazole rings is 1. The second kappa shape index (κ2) is 8.88. The van der Waals surface area contributed by atoms with Gasteiger partial charge in [-0.05, 0) is 13.3 Å². The van der Waals surface area contributed by atoms with Gasteiger partial charge in [-0.3, -0.25) is 20.3 Å². The predicted octanol–water partition coefficient (Wildman–Crippen LogP) is 3.17. The molecule has 0 atom stereocenters. The van der Waals surface area contributed by atoms with E-state index in [0.29, 0.717) is 35.0 Å². The number of nitrogens with one attached hydrogen (secondary N) is 1. The molecule has 0 saturated carbocycles. The standard InChI is InChI=1S/C16H18N4O4S/c1-3-12-6-5-11(7-14(12)20(22)23)9-17-19-16-18-13(10-25-16)8-15(21)24-4-2/h5-7,9-10H,3-4,8H2,1-2H3,(H,18,19). The lowest BCUT2D eigenvalue weighted by Gasteiger charge is -2.01. The summed E-state index contributed by atoms with van der Waals surface area (Å²) in [7, 11) is 0. The van der Waals surface area contributed by atoms with E-state index < -0.39 is 4.92 Å². The SMILES string of the molecule is CCOC(=O)Cc1csc(NN=Cc2ccc(CC)c([N+](=O)[O-])c2)n1. The quantitative estimate of drug-likeness (QED) is 0.334. The van der Waals surface area contributed by atoms with Crippen LogP contribution < -0.4 is 5.43 Å². The summed E-state index contributed by atoms with van der Waals surface area (Å²) in [6, 6.07) is 4.98. The fraction of sp³-hybridized carbons (Fsp3) is 0.312. The van der Waals surface area contributed by atoms with Crippen LogP contribution in [0.15, 0.2) is 28.7 Å². The topological polar surface area (TPSA) is 107 Å². The monoisotopic (exact) mass is 362 g/mol. The third-order valence-corrected chi connectivity index (χ3v) is 4.04. The van der Waals surface area contributed by atoms with Crippen LogP contribution in [0.3, 0.4) is 0 Å². The molecule has 132 valence electrons. The highest BCUT2D eigenvalue weighted by Gasteiger charge is 2.12. The molecule has 8 nitrogen and oxygen atoms in total. The van der Waals surface area contributed by atoms with Crippen molar-refractivity contribution in [1.29, 1.82) is 0 Å². The fourth-order valence-corrected chi connectivity index (χ4v) is 2.75. The van der Waals surface area contributed by atoms with E-state index in [0.717, 1.165) is 0 Å². The molecule has 2 aromatic rings. The first-order chi connectivity index (χ1) is 12.0. The molecule has 1 N–H and O–H groups in total. The summed E-state index contributed by atoms with van der Waals surface area (Å²) < 4.78 is 4.86. The minimum Gasteiger partial charge on any atom is -0.466 e. The zero-order valence-corrected chi connectivity index (χ0v) is 14.7. The number of nitro groups is 1. The molecule has 1 aromatic heterocycles. The lowest BCUT2D eigenvalue weighted by molar-refractivity contribution is -0.385. The molecule has 0 saturated heterocycles. The van der Waals surface area contributed by atoms with Crippen molar-refractivity contribution in [3.8, 4) is 0 Å². The van der Waals surface area contributed by atoms with Gasteiger partial charge in [-0.2, -0.15) is 5.10 Å². The van der Waals surface area contributed by atoms with Crippen LogP contribution in [-0.2, 0) is 22.4 Å². The number of aryl methyl sites for hydroxylation is 1. The average Bonchev–Trinajstić information content (AvgIpc) is 3.02. The van der Waals surface area contributed by atoms with Crippen LogP contribution in [0, 0.1) is 10.1 Å². The van der Waals surface area contributed by atoms with Crippen LogP contribution in [0.2, 0.25) is 0 Å². The number of rotatable bonds is 8. The number of anilines is 1. The van der Waals surface area contributed by atoms with Crippen LogP contribution in [0.25, 0.3) is 0 Å². The van der Waals surface area contributed by atoms with E-state index >= 15 is 0 Å². The van der Waals surface area contributed by atoms with Gasteiger partial charge in [0.25, 0.3) is 5.69 Å². The summed E-state index contributed by atoms with van der Waals surface area (Å²) in [4.78, 5) is 26.3. The summed E-state index contributed by atoms with van der Waals surface area (Å²) in [5, 5.41) is 17.4.